The van der Waals surface area contributed by atoms with Crippen molar-refractivity contribution in [3.63, 3.8) is 0 Å². The van der Waals surface area contributed by atoms with Gasteiger partial charge in [0.15, 0.2) is 0 Å². The fourth-order valence-corrected chi connectivity index (χ4v) is 1.18. The molecule has 0 saturated heterocycles. The lowest BCUT2D eigenvalue weighted by atomic mass is 10.2. The summed E-state index contributed by atoms with van der Waals surface area (Å²) in [5, 5.41) is 5.31. The largest absolute Gasteiger partial charge is 0.395 e. The van der Waals surface area contributed by atoms with E-state index in [4.69, 9.17) is 5.73 Å². The van der Waals surface area contributed by atoms with Crippen LogP contribution in [0.2, 0.25) is 0 Å². The first-order valence-corrected chi connectivity index (χ1v) is 4.58. The van der Waals surface area contributed by atoms with Crippen LogP contribution in [0.5, 0.6) is 0 Å². The molecule has 4 nitrogen and oxygen atoms in total. The average molecular weight is 211 g/mol. The van der Waals surface area contributed by atoms with E-state index in [1.54, 1.807) is 13.0 Å². The molecular weight excluding hydrogens is 197 g/mol. The summed E-state index contributed by atoms with van der Waals surface area (Å²) in [5.41, 5.74) is 5.95. The Morgan fingerprint density at radius 2 is 2.20 bits per heavy atom. The normalized spacial score (nSPS) is 11.9. The Balaban J connectivity index is 2.81. The molecule has 0 spiro atoms. The molecule has 5 heteroatoms. The van der Waals surface area contributed by atoms with Crippen molar-refractivity contribution in [2.75, 3.05) is 18.1 Å². The smallest absolute Gasteiger partial charge is 0.241 e. The molecule has 0 aliphatic carbocycles. The Bertz CT molecular complexity index is 368. The summed E-state index contributed by atoms with van der Waals surface area (Å²) < 4.78 is 13.0. The maximum Gasteiger partial charge on any atom is 0.241 e. The Hall–Kier alpha value is -1.78. The van der Waals surface area contributed by atoms with E-state index in [2.05, 4.69) is 10.6 Å². The molecule has 0 aromatic heterocycles. The first-order chi connectivity index (χ1) is 7.06. The number of nitrogens with two attached hydrogens (primary N) is 1. The van der Waals surface area contributed by atoms with Crippen molar-refractivity contribution in [2.24, 2.45) is 0 Å². The quantitative estimate of drug-likeness (QED) is 0.652. The molecule has 1 rings (SSSR count). The van der Waals surface area contributed by atoms with Crippen LogP contribution in [0.3, 0.4) is 0 Å². The highest BCUT2D eigenvalue weighted by Gasteiger charge is 2.12. The zero-order valence-corrected chi connectivity index (χ0v) is 8.67. The van der Waals surface area contributed by atoms with Gasteiger partial charge >= 0.3 is 0 Å². The van der Waals surface area contributed by atoms with Crippen LogP contribution in [0.15, 0.2) is 18.2 Å². The lowest BCUT2D eigenvalue weighted by Gasteiger charge is -2.15. The highest BCUT2D eigenvalue weighted by Crippen LogP contribution is 2.21. The zero-order chi connectivity index (χ0) is 11.4. The van der Waals surface area contributed by atoms with Crippen LogP contribution in [-0.4, -0.2) is 19.0 Å². The van der Waals surface area contributed by atoms with Crippen molar-refractivity contribution in [2.45, 2.75) is 13.0 Å². The molecular formula is C10H14FN3O. The van der Waals surface area contributed by atoms with Crippen molar-refractivity contribution in [3.8, 4) is 0 Å². The van der Waals surface area contributed by atoms with Crippen molar-refractivity contribution < 1.29 is 9.18 Å². The summed E-state index contributed by atoms with van der Waals surface area (Å²) in [6, 6.07) is 3.96. The molecule has 1 unspecified atom stereocenters. The number of nitrogens with one attached hydrogen (secondary N) is 2. The molecule has 0 heterocycles. The third kappa shape index (κ3) is 2.59. The molecule has 0 aliphatic heterocycles. The number of amides is 1. The monoisotopic (exact) mass is 211 g/mol. The molecule has 1 aromatic carbocycles. The predicted octanol–water partition coefficient (Wildman–Crippen LogP) is 0.954. The van der Waals surface area contributed by atoms with Crippen LogP contribution in [0.1, 0.15) is 6.92 Å². The summed E-state index contributed by atoms with van der Waals surface area (Å²) >= 11 is 0. The lowest BCUT2D eigenvalue weighted by Crippen LogP contribution is -2.35. The van der Waals surface area contributed by atoms with Crippen molar-refractivity contribution in [1.29, 1.82) is 0 Å². The SMILES string of the molecule is CNC(=O)C(C)Nc1cccc(F)c1N. The Labute approximate surface area is 87.7 Å². The Morgan fingerprint density at radius 3 is 2.80 bits per heavy atom. The Morgan fingerprint density at radius 1 is 1.53 bits per heavy atom. The van der Waals surface area contributed by atoms with E-state index in [0.717, 1.165) is 0 Å². The molecule has 0 saturated carbocycles. The van der Waals surface area contributed by atoms with Gasteiger partial charge in [-0.25, -0.2) is 4.39 Å². The Kier molecular flexibility index (Phi) is 3.49. The van der Waals surface area contributed by atoms with Gasteiger partial charge in [0, 0.05) is 7.05 Å². The number of likely N-dealkylation sites (N-methyl/N-ethyl adjacent to an activating group) is 1. The molecule has 0 aliphatic rings. The van der Waals surface area contributed by atoms with Gasteiger partial charge < -0.3 is 16.4 Å². The van der Waals surface area contributed by atoms with Crippen molar-refractivity contribution in [1.82, 2.24) is 5.32 Å². The van der Waals surface area contributed by atoms with Crippen LogP contribution in [-0.2, 0) is 4.79 Å². The highest BCUT2D eigenvalue weighted by molar-refractivity contribution is 5.85. The van der Waals surface area contributed by atoms with Gasteiger partial charge in [0.1, 0.15) is 11.9 Å². The zero-order valence-electron chi connectivity index (χ0n) is 8.67. The predicted molar refractivity (Wildman–Crippen MR) is 58.0 cm³/mol. The van der Waals surface area contributed by atoms with E-state index in [-0.39, 0.29) is 11.6 Å². The lowest BCUT2D eigenvalue weighted by molar-refractivity contribution is -0.121. The molecule has 1 amide bonds. The molecule has 4 N–H and O–H groups in total. The fraction of sp³-hybridized carbons (Fsp3) is 0.300. The molecule has 15 heavy (non-hydrogen) atoms. The molecule has 0 radical (unpaired) electrons. The van der Waals surface area contributed by atoms with E-state index in [1.165, 1.54) is 19.2 Å². The minimum Gasteiger partial charge on any atom is -0.395 e. The van der Waals surface area contributed by atoms with E-state index < -0.39 is 11.9 Å². The topological polar surface area (TPSA) is 67.2 Å². The van der Waals surface area contributed by atoms with Gasteiger partial charge in [-0.05, 0) is 19.1 Å². The van der Waals surface area contributed by atoms with Crippen LogP contribution in [0.4, 0.5) is 15.8 Å². The van der Waals surface area contributed by atoms with Gasteiger partial charge in [0.2, 0.25) is 5.91 Å². The maximum absolute atomic E-state index is 13.0. The number of carbonyl (C=O) groups excluding carboxylic acids is 1. The van der Waals surface area contributed by atoms with Crippen molar-refractivity contribution >= 4 is 17.3 Å². The third-order valence-corrected chi connectivity index (χ3v) is 2.06. The van der Waals surface area contributed by atoms with Crippen LogP contribution >= 0.6 is 0 Å². The highest BCUT2D eigenvalue weighted by atomic mass is 19.1. The second kappa shape index (κ2) is 4.63. The number of carbonyl (C=O) groups is 1. The third-order valence-electron chi connectivity index (χ3n) is 2.06. The van der Waals surface area contributed by atoms with Gasteiger partial charge in [0.05, 0.1) is 11.4 Å². The minimum atomic E-state index is -0.496. The average Bonchev–Trinajstić information content (AvgIpc) is 2.23. The van der Waals surface area contributed by atoms with Gasteiger partial charge in [-0.3, -0.25) is 4.79 Å². The van der Waals surface area contributed by atoms with E-state index >= 15 is 0 Å². The first kappa shape index (κ1) is 11.3. The fourth-order valence-electron chi connectivity index (χ4n) is 1.18. The number of rotatable bonds is 3. The number of benzene rings is 1. The second-order valence-electron chi connectivity index (χ2n) is 3.18. The van der Waals surface area contributed by atoms with E-state index in [0.29, 0.717) is 5.69 Å². The number of anilines is 2. The van der Waals surface area contributed by atoms with Crippen LogP contribution in [0.25, 0.3) is 0 Å². The summed E-state index contributed by atoms with van der Waals surface area (Å²) in [6.45, 7) is 1.67. The molecule has 1 atom stereocenters. The summed E-state index contributed by atoms with van der Waals surface area (Å²) in [5.74, 6) is -0.678. The van der Waals surface area contributed by atoms with Gasteiger partial charge in [-0.1, -0.05) is 6.07 Å². The van der Waals surface area contributed by atoms with Gasteiger partial charge in [-0.2, -0.15) is 0 Å². The number of para-hydroxylation sites is 1. The summed E-state index contributed by atoms with van der Waals surface area (Å²) in [4.78, 5) is 11.2. The number of hydrogen-bond acceptors (Lipinski definition) is 3. The minimum absolute atomic E-state index is 0.0215. The number of halogens is 1. The molecule has 0 bridgehead atoms. The van der Waals surface area contributed by atoms with Gasteiger partial charge in [0.25, 0.3) is 0 Å². The van der Waals surface area contributed by atoms with Gasteiger partial charge in [-0.15, -0.1) is 0 Å². The molecule has 82 valence electrons. The first-order valence-electron chi connectivity index (χ1n) is 4.58. The summed E-state index contributed by atoms with van der Waals surface area (Å²) in [7, 11) is 1.54. The standard InChI is InChI=1S/C10H14FN3O/c1-6(10(15)13-2)14-8-5-3-4-7(11)9(8)12/h3-6,14H,12H2,1-2H3,(H,13,15). The summed E-state index contributed by atoms with van der Waals surface area (Å²) in [6.07, 6.45) is 0. The second-order valence-corrected chi connectivity index (χ2v) is 3.18. The van der Waals surface area contributed by atoms with Crippen LogP contribution in [0, 0.1) is 5.82 Å². The maximum atomic E-state index is 13.0. The molecule has 0 fully saturated rings. The van der Waals surface area contributed by atoms with E-state index in [9.17, 15) is 9.18 Å². The van der Waals surface area contributed by atoms with E-state index in [1.807, 2.05) is 0 Å². The number of nitrogen functional groups attached to an aromatic ring is 1. The number of hydrogen-bond donors (Lipinski definition) is 3. The van der Waals surface area contributed by atoms with Crippen molar-refractivity contribution in [3.05, 3.63) is 24.0 Å². The molecule has 1 aromatic rings. The van der Waals surface area contributed by atoms with Crippen LogP contribution < -0.4 is 16.4 Å².